The third-order valence-corrected chi connectivity index (χ3v) is 2.03. The van der Waals surface area contributed by atoms with Crippen molar-refractivity contribution >= 4 is 5.69 Å². The summed E-state index contributed by atoms with van der Waals surface area (Å²) in [7, 11) is 1.63. The fourth-order valence-corrected chi connectivity index (χ4v) is 1.26. The summed E-state index contributed by atoms with van der Waals surface area (Å²) in [4.78, 5) is 0. The van der Waals surface area contributed by atoms with Crippen molar-refractivity contribution in [2.45, 2.75) is 6.42 Å². The third kappa shape index (κ3) is 6.09. The molecule has 4 nitrogen and oxygen atoms in total. The second-order valence-electron chi connectivity index (χ2n) is 3.53. The number of nitrogen functional groups attached to an aromatic ring is 1. The van der Waals surface area contributed by atoms with Crippen LogP contribution in [0.2, 0.25) is 0 Å². The Hall–Kier alpha value is -1.33. The first-order chi connectivity index (χ1) is 8.22. The number of benzene rings is 1. The van der Waals surface area contributed by atoms with Gasteiger partial charge in [0.25, 0.3) is 0 Å². The molecule has 5 heteroatoms. The average Bonchev–Trinajstić information content (AvgIpc) is 2.26. The number of halogens is 1. The highest BCUT2D eigenvalue weighted by molar-refractivity contribution is 5.44. The van der Waals surface area contributed by atoms with E-state index in [0.29, 0.717) is 37.9 Å². The Labute approximate surface area is 100 Å². The summed E-state index contributed by atoms with van der Waals surface area (Å²) in [6.07, 6.45) is 0.736. The van der Waals surface area contributed by atoms with Crippen LogP contribution in [-0.4, -0.2) is 33.5 Å². The van der Waals surface area contributed by atoms with Crippen molar-refractivity contribution < 1.29 is 18.6 Å². The van der Waals surface area contributed by atoms with Crippen LogP contribution in [-0.2, 0) is 9.47 Å². The number of nitrogens with two attached hydrogens (primary N) is 1. The SMILES string of the molecule is COCCOCCCOc1cc(N)cc(F)c1. The molecule has 0 saturated heterocycles. The Morgan fingerprint density at radius 1 is 1.12 bits per heavy atom. The van der Waals surface area contributed by atoms with Crippen molar-refractivity contribution in [3.63, 3.8) is 0 Å². The van der Waals surface area contributed by atoms with Crippen LogP contribution in [0.4, 0.5) is 10.1 Å². The molecule has 0 unspecified atom stereocenters. The molecule has 0 aliphatic rings. The van der Waals surface area contributed by atoms with Gasteiger partial charge in [-0.25, -0.2) is 4.39 Å². The minimum absolute atomic E-state index is 0.358. The van der Waals surface area contributed by atoms with Crippen LogP contribution < -0.4 is 10.5 Å². The molecule has 1 aromatic carbocycles. The first-order valence-electron chi connectivity index (χ1n) is 5.48. The molecular weight excluding hydrogens is 225 g/mol. The molecule has 17 heavy (non-hydrogen) atoms. The molecule has 0 bridgehead atoms. The minimum Gasteiger partial charge on any atom is -0.493 e. The van der Waals surface area contributed by atoms with E-state index < -0.39 is 5.82 Å². The van der Waals surface area contributed by atoms with E-state index in [2.05, 4.69) is 0 Å². The van der Waals surface area contributed by atoms with Gasteiger partial charge in [-0.15, -0.1) is 0 Å². The van der Waals surface area contributed by atoms with Crippen molar-refractivity contribution in [3.8, 4) is 5.75 Å². The van der Waals surface area contributed by atoms with Crippen LogP contribution in [0.1, 0.15) is 6.42 Å². The van der Waals surface area contributed by atoms with Gasteiger partial charge in [0.05, 0.1) is 19.8 Å². The maximum Gasteiger partial charge on any atom is 0.128 e. The van der Waals surface area contributed by atoms with Crippen LogP contribution in [0.3, 0.4) is 0 Å². The first kappa shape index (κ1) is 13.7. The van der Waals surface area contributed by atoms with Crippen molar-refractivity contribution in [1.82, 2.24) is 0 Å². The minimum atomic E-state index is -0.392. The van der Waals surface area contributed by atoms with Gasteiger partial charge in [-0.3, -0.25) is 0 Å². The number of methoxy groups -OCH3 is 1. The van der Waals surface area contributed by atoms with Gasteiger partial charge >= 0.3 is 0 Å². The second kappa shape index (κ2) is 7.86. The predicted octanol–water partition coefficient (Wildman–Crippen LogP) is 1.84. The Balaban J connectivity index is 2.13. The third-order valence-electron chi connectivity index (χ3n) is 2.03. The van der Waals surface area contributed by atoms with Gasteiger partial charge in [-0.05, 0) is 6.07 Å². The summed E-state index contributed by atoms with van der Waals surface area (Å²) >= 11 is 0. The van der Waals surface area contributed by atoms with Gasteiger partial charge in [0.15, 0.2) is 0 Å². The zero-order chi connectivity index (χ0) is 12.5. The zero-order valence-electron chi connectivity index (χ0n) is 9.95. The molecule has 0 aromatic heterocycles. The first-order valence-corrected chi connectivity index (χ1v) is 5.48. The summed E-state index contributed by atoms with van der Waals surface area (Å²) in [5, 5.41) is 0. The Morgan fingerprint density at radius 3 is 2.65 bits per heavy atom. The zero-order valence-corrected chi connectivity index (χ0v) is 9.95. The molecule has 0 atom stereocenters. The summed E-state index contributed by atoms with van der Waals surface area (Å²) in [5.74, 6) is 0.0516. The van der Waals surface area contributed by atoms with E-state index in [4.69, 9.17) is 19.9 Å². The molecule has 0 fully saturated rings. The summed E-state index contributed by atoms with van der Waals surface area (Å²) in [6, 6.07) is 4.15. The maximum absolute atomic E-state index is 12.9. The van der Waals surface area contributed by atoms with Gasteiger partial charge in [-0.1, -0.05) is 0 Å². The predicted molar refractivity (Wildman–Crippen MR) is 63.6 cm³/mol. The van der Waals surface area contributed by atoms with Gasteiger partial charge < -0.3 is 19.9 Å². The molecule has 0 saturated carbocycles. The van der Waals surface area contributed by atoms with E-state index in [1.165, 1.54) is 12.1 Å². The number of hydrogen-bond acceptors (Lipinski definition) is 4. The largest absolute Gasteiger partial charge is 0.493 e. The standard InChI is InChI=1S/C12H18FNO3/c1-15-5-6-16-3-2-4-17-12-8-10(13)7-11(14)9-12/h7-9H,2-6,14H2,1H3. The molecule has 2 N–H and O–H groups in total. The number of hydrogen-bond donors (Lipinski definition) is 1. The number of rotatable bonds is 8. The topological polar surface area (TPSA) is 53.7 Å². The molecule has 0 amide bonds. The number of ether oxygens (including phenoxy) is 3. The molecule has 0 heterocycles. The second-order valence-corrected chi connectivity index (χ2v) is 3.53. The van der Waals surface area contributed by atoms with Gasteiger partial charge in [0.1, 0.15) is 11.6 Å². The fourth-order valence-electron chi connectivity index (χ4n) is 1.26. The normalized spacial score (nSPS) is 10.5. The molecule has 0 radical (unpaired) electrons. The quantitative estimate of drug-likeness (QED) is 0.559. The lowest BCUT2D eigenvalue weighted by Gasteiger charge is -2.07. The van der Waals surface area contributed by atoms with Crippen molar-refractivity contribution in [2.24, 2.45) is 0 Å². The number of anilines is 1. The monoisotopic (exact) mass is 243 g/mol. The molecule has 96 valence electrons. The van der Waals surface area contributed by atoms with Crippen LogP contribution >= 0.6 is 0 Å². The van der Waals surface area contributed by atoms with E-state index in [1.807, 2.05) is 0 Å². The average molecular weight is 243 g/mol. The molecule has 1 rings (SSSR count). The molecule has 0 aliphatic carbocycles. The highest BCUT2D eigenvalue weighted by Crippen LogP contribution is 2.17. The lowest BCUT2D eigenvalue weighted by molar-refractivity contribution is 0.0644. The van der Waals surface area contributed by atoms with Crippen molar-refractivity contribution in [1.29, 1.82) is 0 Å². The Bertz CT molecular complexity index is 313. The van der Waals surface area contributed by atoms with Crippen LogP contribution in [0.25, 0.3) is 0 Å². The van der Waals surface area contributed by atoms with Gasteiger partial charge in [-0.2, -0.15) is 0 Å². The lowest BCUT2D eigenvalue weighted by Crippen LogP contribution is -2.07. The molecule has 0 spiro atoms. The summed E-state index contributed by atoms with van der Waals surface area (Å²) in [5.41, 5.74) is 5.84. The molecule has 0 aliphatic heterocycles. The van der Waals surface area contributed by atoms with E-state index in [9.17, 15) is 4.39 Å². The maximum atomic E-state index is 12.9. The van der Waals surface area contributed by atoms with E-state index in [1.54, 1.807) is 13.2 Å². The highest BCUT2D eigenvalue weighted by atomic mass is 19.1. The summed E-state index contributed by atoms with van der Waals surface area (Å²) < 4.78 is 28.4. The van der Waals surface area contributed by atoms with E-state index in [-0.39, 0.29) is 0 Å². The smallest absolute Gasteiger partial charge is 0.128 e. The van der Waals surface area contributed by atoms with Crippen LogP contribution in [0, 0.1) is 5.82 Å². The van der Waals surface area contributed by atoms with Gasteiger partial charge in [0.2, 0.25) is 0 Å². The Morgan fingerprint density at radius 2 is 1.94 bits per heavy atom. The van der Waals surface area contributed by atoms with E-state index in [0.717, 1.165) is 6.42 Å². The van der Waals surface area contributed by atoms with Crippen molar-refractivity contribution in [2.75, 3.05) is 39.3 Å². The Kier molecular flexibility index (Phi) is 6.35. The fraction of sp³-hybridized carbons (Fsp3) is 0.500. The van der Waals surface area contributed by atoms with Crippen LogP contribution in [0.15, 0.2) is 18.2 Å². The van der Waals surface area contributed by atoms with Crippen molar-refractivity contribution in [3.05, 3.63) is 24.0 Å². The summed E-state index contributed by atoms with van der Waals surface area (Å²) in [6.45, 7) is 2.22. The van der Waals surface area contributed by atoms with E-state index >= 15 is 0 Å². The molecule has 1 aromatic rings. The van der Waals surface area contributed by atoms with Gasteiger partial charge in [0, 0.05) is 38.0 Å². The lowest BCUT2D eigenvalue weighted by atomic mass is 10.3. The van der Waals surface area contributed by atoms with Crippen LogP contribution in [0.5, 0.6) is 5.75 Å². The highest BCUT2D eigenvalue weighted by Gasteiger charge is 1.99. The molecular formula is C12H18FNO3.